The highest BCUT2D eigenvalue weighted by molar-refractivity contribution is 7.18. The zero-order valence-electron chi connectivity index (χ0n) is 18.2. The number of benzene rings is 1. The van der Waals surface area contributed by atoms with Crippen LogP contribution in [0.15, 0.2) is 29.3 Å². The van der Waals surface area contributed by atoms with Crippen LogP contribution >= 0.6 is 22.9 Å². The van der Waals surface area contributed by atoms with Crippen molar-refractivity contribution in [3.05, 3.63) is 61.7 Å². The summed E-state index contributed by atoms with van der Waals surface area (Å²) < 4.78 is 15.9. The van der Waals surface area contributed by atoms with E-state index in [1.165, 1.54) is 21.8 Å². The van der Waals surface area contributed by atoms with Gasteiger partial charge in [-0.3, -0.25) is 14.2 Å². The first-order chi connectivity index (χ1) is 15.4. The van der Waals surface area contributed by atoms with Crippen LogP contribution in [0.3, 0.4) is 0 Å². The number of hydrogen-bond acceptors (Lipinski definition) is 5. The number of nitrogens with zero attached hydrogens (tertiary/aromatic N) is 3. The molecule has 2 aromatic heterocycles. The normalized spacial score (nSPS) is 14.5. The molecule has 0 bridgehead atoms. The Kier molecular flexibility index (Phi) is 6.93. The van der Waals surface area contributed by atoms with Crippen molar-refractivity contribution in [2.24, 2.45) is 0 Å². The third-order valence-corrected chi connectivity index (χ3v) is 7.50. The predicted molar refractivity (Wildman–Crippen MR) is 126 cm³/mol. The van der Waals surface area contributed by atoms with Crippen molar-refractivity contribution in [1.82, 2.24) is 19.8 Å². The van der Waals surface area contributed by atoms with Crippen LogP contribution in [-0.2, 0) is 24.2 Å². The molecule has 2 heterocycles. The zero-order chi connectivity index (χ0) is 22.8. The van der Waals surface area contributed by atoms with Crippen molar-refractivity contribution >= 4 is 39.1 Å². The number of fused-ring (bicyclic) bond motifs is 3. The number of carbonyl (C=O) groups is 1. The molecule has 0 spiro atoms. The first-order valence-corrected chi connectivity index (χ1v) is 11.9. The van der Waals surface area contributed by atoms with E-state index < -0.39 is 11.9 Å². The Morgan fingerprint density at radius 1 is 1.34 bits per heavy atom. The van der Waals surface area contributed by atoms with Crippen molar-refractivity contribution in [3.8, 4) is 0 Å². The summed E-state index contributed by atoms with van der Waals surface area (Å²) in [4.78, 5) is 33.9. The molecule has 1 aliphatic carbocycles. The van der Waals surface area contributed by atoms with Gasteiger partial charge in [0.25, 0.3) is 5.56 Å². The van der Waals surface area contributed by atoms with Crippen molar-refractivity contribution < 1.29 is 9.18 Å². The third-order valence-electron chi connectivity index (χ3n) is 5.97. The van der Waals surface area contributed by atoms with Crippen LogP contribution in [-0.4, -0.2) is 41.0 Å². The van der Waals surface area contributed by atoms with E-state index in [4.69, 9.17) is 11.6 Å². The van der Waals surface area contributed by atoms with Gasteiger partial charge in [-0.25, -0.2) is 9.37 Å². The average molecular weight is 477 g/mol. The second-order valence-corrected chi connectivity index (χ2v) is 9.79. The summed E-state index contributed by atoms with van der Waals surface area (Å²) in [6.45, 7) is 0.446. The van der Waals surface area contributed by atoms with Crippen LogP contribution in [0, 0.1) is 5.82 Å². The summed E-state index contributed by atoms with van der Waals surface area (Å²) in [7, 11) is 3.61. The Hall–Kier alpha value is -2.29. The fraction of sp³-hybridized carbons (Fsp3) is 0.435. The predicted octanol–water partition coefficient (Wildman–Crippen LogP) is 3.94. The molecule has 9 heteroatoms. The largest absolute Gasteiger partial charge is 0.354 e. The van der Waals surface area contributed by atoms with Gasteiger partial charge in [-0.05, 0) is 57.5 Å². The maximum Gasteiger partial charge on any atom is 0.262 e. The number of hydrogen-bond donors (Lipinski definition) is 1. The maximum absolute atomic E-state index is 14.4. The Morgan fingerprint density at radius 2 is 2.12 bits per heavy atom. The first kappa shape index (κ1) is 22.9. The van der Waals surface area contributed by atoms with Crippen LogP contribution in [0.5, 0.6) is 0 Å². The lowest BCUT2D eigenvalue weighted by atomic mass is 9.97. The van der Waals surface area contributed by atoms with Crippen molar-refractivity contribution in [2.45, 2.75) is 44.7 Å². The molecule has 1 atom stereocenters. The number of carbonyl (C=O) groups excluding carboxylic acids is 1. The molecule has 6 nitrogen and oxygen atoms in total. The lowest BCUT2D eigenvalue weighted by molar-refractivity contribution is -0.121. The maximum atomic E-state index is 14.4. The number of amides is 1. The quantitative estimate of drug-likeness (QED) is 0.561. The minimum absolute atomic E-state index is 0.0773. The second-order valence-electron chi connectivity index (χ2n) is 8.30. The molecule has 170 valence electrons. The first-order valence-electron chi connectivity index (χ1n) is 10.7. The topological polar surface area (TPSA) is 67.2 Å². The monoisotopic (exact) mass is 476 g/mol. The number of rotatable bonds is 7. The van der Waals surface area contributed by atoms with Crippen LogP contribution in [0.25, 0.3) is 10.2 Å². The van der Waals surface area contributed by atoms with Gasteiger partial charge in [-0.2, -0.15) is 0 Å². The minimum Gasteiger partial charge on any atom is -0.354 e. The highest BCUT2D eigenvalue weighted by atomic mass is 35.5. The summed E-state index contributed by atoms with van der Waals surface area (Å²) >= 11 is 7.82. The van der Waals surface area contributed by atoms with E-state index in [0.717, 1.165) is 41.5 Å². The van der Waals surface area contributed by atoms with Gasteiger partial charge in [0.2, 0.25) is 5.91 Å². The van der Waals surface area contributed by atoms with E-state index in [-0.39, 0.29) is 31.0 Å². The average Bonchev–Trinajstić information content (AvgIpc) is 3.14. The molecule has 3 aromatic rings. The molecule has 0 aliphatic heterocycles. The van der Waals surface area contributed by atoms with Crippen LogP contribution in [0.4, 0.5) is 4.39 Å². The molecule has 1 unspecified atom stereocenters. The number of likely N-dealkylation sites (N-methyl/N-ethyl adjacent to an activating group) is 1. The molecule has 32 heavy (non-hydrogen) atoms. The molecule has 1 aliphatic rings. The van der Waals surface area contributed by atoms with E-state index in [2.05, 4.69) is 10.3 Å². The van der Waals surface area contributed by atoms with E-state index >= 15 is 0 Å². The Labute approximate surface area is 195 Å². The summed E-state index contributed by atoms with van der Waals surface area (Å²) in [5.74, 6) is -0.626. The zero-order valence-corrected chi connectivity index (χ0v) is 19.7. The Bertz CT molecular complexity index is 1190. The molecule has 4 rings (SSSR count). The van der Waals surface area contributed by atoms with Crippen molar-refractivity contribution in [1.29, 1.82) is 0 Å². The van der Waals surface area contributed by atoms with Gasteiger partial charge in [0.1, 0.15) is 10.6 Å². The van der Waals surface area contributed by atoms with E-state index in [1.807, 2.05) is 19.0 Å². The molecule has 0 saturated carbocycles. The lowest BCUT2D eigenvalue weighted by Gasteiger charge is -2.26. The fourth-order valence-corrected chi connectivity index (χ4v) is 5.74. The minimum atomic E-state index is -0.411. The second kappa shape index (κ2) is 9.68. The SMILES string of the molecule is CN(C)C(CNC(=O)CCn1cnc2sc3c(c2c1=O)CCCC3)c1c(F)cccc1Cl. The smallest absolute Gasteiger partial charge is 0.262 e. The lowest BCUT2D eigenvalue weighted by Crippen LogP contribution is -2.36. The summed E-state index contributed by atoms with van der Waals surface area (Å²) in [6.07, 6.45) is 5.83. The number of aromatic nitrogens is 2. The van der Waals surface area contributed by atoms with Crippen molar-refractivity contribution in [3.63, 3.8) is 0 Å². The van der Waals surface area contributed by atoms with E-state index in [1.54, 1.807) is 23.5 Å². The van der Waals surface area contributed by atoms with E-state index in [9.17, 15) is 14.0 Å². The molecular weight excluding hydrogens is 451 g/mol. The van der Waals surface area contributed by atoms with Crippen LogP contribution < -0.4 is 10.9 Å². The number of nitrogens with one attached hydrogen (secondary N) is 1. The van der Waals surface area contributed by atoms with Crippen molar-refractivity contribution in [2.75, 3.05) is 20.6 Å². The van der Waals surface area contributed by atoms with Gasteiger partial charge in [-0.1, -0.05) is 17.7 Å². The highest BCUT2D eigenvalue weighted by Gasteiger charge is 2.22. The molecule has 0 saturated heterocycles. The fourth-order valence-electron chi connectivity index (χ4n) is 4.23. The number of halogens is 2. The summed E-state index contributed by atoms with van der Waals surface area (Å²) in [5, 5.41) is 3.89. The standard InChI is InChI=1S/C23H26ClFN4O2S/c1-28(2)17(21-15(24)7-5-8-16(21)25)12-26-19(30)10-11-29-13-27-22-20(23(29)31)14-6-3-4-9-18(14)32-22/h5,7-8,13,17H,3-4,6,9-12H2,1-2H3,(H,26,30). The molecule has 0 radical (unpaired) electrons. The molecule has 0 fully saturated rings. The highest BCUT2D eigenvalue weighted by Crippen LogP contribution is 2.33. The Morgan fingerprint density at radius 3 is 2.88 bits per heavy atom. The van der Waals surface area contributed by atoms with Gasteiger partial charge in [0.05, 0.1) is 17.8 Å². The van der Waals surface area contributed by atoms with Crippen LogP contribution in [0.2, 0.25) is 5.02 Å². The molecular formula is C23H26ClFN4O2S. The van der Waals surface area contributed by atoms with Gasteiger partial charge >= 0.3 is 0 Å². The summed E-state index contributed by atoms with van der Waals surface area (Å²) in [5.41, 5.74) is 1.42. The number of aryl methyl sites for hydroxylation is 3. The summed E-state index contributed by atoms with van der Waals surface area (Å²) in [6, 6.07) is 4.14. The molecule has 1 aromatic carbocycles. The van der Waals surface area contributed by atoms with Crippen LogP contribution in [0.1, 0.15) is 41.3 Å². The Balaban J connectivity index is 1.43. The van der Waals surface area contributed by atoms with Gasteiger partial charge in [0.15, 0.2) is 0 Å². The van der Waals surface area contributed by atoms with Gasteiger partial charge < -0.3 is 10.2 Å². The number of thiophene rings is 1. The third kappa shape index (κ3) is 4.58. The van der Waals surface area contributed by atoms with E-state index in [0.29, 0.717) is 10.6 Å². The van der Waals surface area contributed by atoms with Gasteiger partial charge in [0, 0.05) is 35.0 Å². The molecule has 1 amide bonds. The molecule has 1 N–H and O–H groups in total. The van der Waals surface area contributed by atoms with Gasteiger partial charge in [-0.15, -0.1) is 11.3 Å².